The monoisotopic (exact) mass is 468 g/mol. The van der Waals surface area contributed by atoms with Crippen LogP contribution in [0.5, 0.6) is 0 Å². The Morgan fingerprint density at radius 3 is 2.12 bits per heavy atom. The molecule has 7 heteroatoms. The van der Waals surface area contributed by atoms with Crippen molar-refractivity contribution in [2.24, 2.45) is 0 Å². The molecule has 5 nitrogen and oxygen atoms in total. The van der Waals surface area contributed by atoms with E-state index in [1.54, 1.807) is 35.2 Å². The van der Waals surface area contributed by atoms with Gasteiger partial charge in [-0.2, -0.15) is 0 Å². The molecule has 0 spiro atoms. The minimum atomic E-state index is -1.23. The predicted octanol–water partition coefficient (Wildman–Crippen LogP) is 3.67. The summed E-state index contributed by atoms with van der Waals surface area (Å²) in [5, 5.41) is 0. The van der Waals surface area contributed by atoms with Gasteiger partial charge in [-0.15, -0.1) is 0 Å². The van der Waals surface area contributed by atoms with Gasteiger partial charge in [-0.25, -0.2) is 0 Å². The molecule has 1 aromatic heterocycles. The summed E-state index contributed by atoms with van der Waals surface area (Å²) in [5.41, 5.74) is -0.0280. The van der Waals surface area contributed by atoms with Gasteiger partial charge < -0.3 is 4.90 Å². The first-order chi connectivity index (χ1) is 11.9. The number of rotatable bonds is 6. The number of benzene rings is 1. The zero-order valence-electron chi connectivity index (χ0n) is 13.9. The number of ketones is 1. The van der Waals surface area contributed by atoms with E-state index in [1.165, 1.54) is 16.8 Å². The van der Waals surface area contributed by atoms with Crippen molar-refractivity contribution in [3.63, 3.8) is 0 Å². The smallest absolute Gasteiger partial charge is 0.253 e. The Balaban J connectivity index is 2.57. The second kappa shape index (κ2) is 8.58. The fourth-order valence-electron chi connectivity index (χ4n) is 2.52. The summed E-state index contributed by atoms with van der Waals surface area (Å²) in [6.07, 6.45) is 1.48. The number of aromatic nitrogens is 1. The Hall–Kier alpha value is -1.73. The van der Waals surface area contributed by atoms with Gasteiger partial charge in [-0.05, 0) is 48.0 Å². The summed E-state index contributed by atoms with van der Waals surface area (Å²) in [4.78, 5) is 39.9. The topological polar surface area (TPSA) is 59.4 Å². The third-order valence-corrected chi connectivity index (χ3v) is 4.86. The molecule has 1 heterocycles. The largest absolute Gasteiger partial charge is 0.341 e. The van der Waals surface area contributed by atoms with Gasteiger partial charge in [0.25, 0.3) is 11.5 Å². The highest BCUT2D eigenvalue weighted by Crippen LogP contribution is 2.20. The fraction of sp³-hybridized carbons (Fsp3) is 0.278. The van der Waals surface area contributed by atoms with E-state index in [-0.39, 0.29) is 0 Å². The highest BCUT2D eigenvalue weighted by molar-refractivity contribution is 9.10. The number of pyridine rings is 1. The molecular weight excluding hydrogens is 452 g/mol. The first-order valence-electron chi connectivity index (χ1n) is 7.85. The molecule has 1 aromatic carbocycles. The van der Waals surface area contributed by atoms with Gasteiger partial charge in [0, 0.05) is 39.9 Å². The third-order valence-electron chi connectivity index (χ3n) is 3.87. The molecule has 0 bridgehead atoms. The SMILES string of the molecule is CCN(CC)C(=O)C(C(=O)c1ccc(Br)cc1)n1cc(Br)ccc1=O. The Kier molecular flexibility index (Phi) is 6.72. The van der Waals surface area contributed by atoms with Crippen molar-refractivity contribution in [1.82, 2.24) is 9.47 Å². The number of carbonyl (C=O) groups is 2. The lowest BCUT2D eigenvalue weighted by Gasteiger charge is -2.26. The van der Waals surface area contributed by atoms with E-state index < -0.39 is 23.3 Å². The van der Waals surface area contributed by atoms with Gasteiger partial charge in [0.05, 0.1) is 0 Å². The van der Waals surface area contributed by atoms with E-state index in [4.69, 9.17) is 0 Å². The molecule has 0 aliphatic heterocycles. The van der Waals surface area contributed by atoms with Gasteiger partial charge >= 0.3 is 0 Å². The predicted molar refractivity (Wildman–Crippen MR) is 104 cm³/mol. The molecule has 0 aliphatic rings. The highest BCUT2D eigenvalue weighted by atomic mass is 79.9. The summed E-state index contributed by atoms with van der Waals surface area (Å²) in [6.45, 7) is 4.60. The van der Waals surface area contributed by atoms with E-state index in [2.05, 4.69) is 31.9 Å². The Labute approximate surface area is 162 Å². The average Bonchev–Trinajstić information content (AvgIpc) is 2.60. The van der Waals surface area contributed by atoms with Crippen molar-refractivity contribution in [3.8, 4) is 0 Å². The molecule has 132 valence electrons. The highest BCUT2D eigenvalue weighted by Gasteiger charge is 2.32. The Morgan fingerprint density at radius 2 is 1.56 bits per heavy atom. The molecule has 1 atom stereocenters. The van der Waals surface area contributed by atoms with Crippen molar-refractivity contribution >= 4 is 43.6 Å². The van der Waals surface area contributed by atoms with Crippen LogP contribution in [-0.4, -0.2) is 34.2 Å². The molecule has 25 heavy (non-hydrogen) atoms. The number of halogens is 2. The summed E-state index contributed by atoms with van der Waals surface area (Å²) in [6, 6.07) is 8.43. The molecule has 0 N–H and O–H groups in total. The van der Waals surface area contributed by atoms with E-state index in [0.717, 1.165) is 4.47 Å². The van der Waals surface area contributed by atoms with Crippen LogP contribution in [0.15, 0.2) is 56.3 Å². The van der Waals surface area contributed by atoms with Crippen molar-refractivity contribution in [1.29, 1.82) is 0 Å². The second-order valence-corrected chi connectivity index (χ2v) is 7.21. The average molecular weight is 470 g/mol. The summed E-state index contributed by atoms with van der Waals surface area (Å²) in [5.74, 6) is -0.803. The lowest BCUT2D eigenvalue weighted by molar-refractivity contribution is -0.133. The van der Waals surface area contributed by atoms with Crippen LogP contribution in [0.1, 0.15) is 30.2 Å². The number of nitrogens with zero attached hydrogens (tertiary/aromatic N) is 2. The van der Waals surface area contributed by atoms with Crippen LogP contribution >= 0.6 is 31.9 Å². The van der Waals surface area contributed by atoms with Crippen LogP contribution in [0.25, 0.3) is 0 Å². The number of carbonyl (C=O) groups excluding carboxylic acids is 2. The summed E-state index contributed by atoms with van der Waals surface area (Å²) in [7, 11) is 0. The maximum atomic E-state index is 13.1. The summed E-state index contributed by atoms with van der Waals surface area (Å²) >= 11 is 6.62. The number of hydrogen-bond donors (Lipinski definition) is 0. The molecule has 0 radical (unpaired) electrons. The minimum absolute atomic E-state index is 0.376. The zero-order chi connectivity index (χ0) is 18.6. The van der Waals surface area contributed by atoms with Crippen LogP contribution < -0.4 is 5.56 Å². The fourth-order valence-corrected chi connectivity index (χ4v) is 3.13. The van der Waals surface area contributed by atoms with Crippen molar-refractivity contribution in [2.75, 3.05) is 13.1 Å². The number of Topliss-reactive ketones (excluding diaryl/α,β-unsaturated/α-hetero) is 1. The van der Waals surface area contributed by atoms with Crippen LogP contribution in [0.2, 0.25) is 0 Å². The molecule has 2 rings (SSSR count). The quantitative estimate of drug-likeness (QED) is 0.479. The first-order valence-corrected chi connectivity index (χ1v) is 9.43. The zero-order valence-corrected chi connectivity index (χ0v) is 17.1. The molecule has 1 amide bonds. The molecule has 0 fully saturated rings. The number of amides is 1. The minimum Gasteiger partial charge on any atom is -0.341 e. The van der Waals surface area contributed by atoms with E-state index in [9.17, 15) is 14.4 Å². The Morgan fingerprint density at radius 1 is 1.00 bits per heavy atom. The maximum absolute atomic E-state index is 13.1. The van der Waals surface area contributed by atoms with Gasteiger partial charge in [0.15, 0.2) is 11.8 Å². The molecular formula is C18H18Br2N2O3. The van der Waals surface area contributed by atoms with Crippen LogP contribution in [0.4, 0.5) is 0 Å². The number of hydrogen-bond acceptors (Lipinski definition) is 3. The summed E-state index contributed by atoms with van der Waals surface area (Å²) < 4.78 is 2.64. The maximum Gasteiger partial charge on any atom is 0.253 e. The van der Waals surface area contributed by atoms with E-state index in [0.29, 0.717) is 23.1 Å². The second-order valence-electron chi connectivity index (χ2n) is 5.38. The molecule has 1 unspecified atom stereocenters. The van der Waals surface area contributed by atoms with Gasteiger partial charge in [-0.3, -0.25) is 19.0 Å². The van der Waals surface area contributed by atoms with Gasteiger partial charge in [0.1, 0.15) is 0 Å². The van der Waals surface area contributed by atoms with Crippen LogP contribution in [0, 0.1) is 0 Å². The number of likely N-dealkylation sites (N-methyl/N-ethyl adjacent to an activating group) is 1. The third kappa shape index (κ3) is 4.46. The van der Waals surface area contributed by atoms with E-state index >= 15 is 0 Å². The first kappa shape index (κ1) is 19.6. The van der Waals surface area contributed by atoms with Crippen LogP contribution in [-0.2, 0) is 4.79 Å². The Bertz CT molecular complexity index is 827. The molecule has 0 saturated carbocycles. The van der Waals surface area contributed by atoms with Crippen molar-refractivity contribution in [2.45, 2.75) is 19.9 Å². The van der Waals surface area contributed by atoms with Crippen molar-refractivity contribution in [3.05, 3.63) is 67.5 Å². The lowest BCUT2D eigenvalue weighted by atomic mass is 10.0. The van der Waals surface area contributed by atoms with Crippen molar-refractivity contribution < 1.29 is 9.59 Å². The standard InChI is InChI=1S/C18H18Br2N2O3/c1-3-21(4-2)18(25)16(22-11-14(20)9-10-15(22)23)17(24)12-5-7-13(19)8-6-12/h5-11,16H,3-4H2,1-2H3. The van der Waals surface area contributed by atoms with E-state index in [1.807, 2.05) is 13.8 Å². The van der Waals surface area contributed by atoms with Gasteiger partial charge in [-0.1, -0.05) is 28.1 Å². The lowest BCUT2D eigenvalue weighted by Crippen LogP contribution is -2.43. The normalized spacial score (nSPS) is 11.8. The van der Waals surface area contributed by atoms with Crippen LogP contribution in [0.3, 0.4) is 0 Å². The molecule has 0 saturated heterocycles. The molecule has 0 aliphatic carbocycles. The van der Waals surface area contributed by atoms with Gasteiger partial charge in [0.2, 0.25) is 0 Å². The molecule has 2 aromatic rings.